The first-order chi connectivity index (χ1) is 8.71. The maximum Gasteiger partial charge on any atom is 0.407 e. The lowest BCUT2D eigenvalue weighted by molar-refractivity contribution is 0.152. The fraction of sp³-hybridized carbons (Fsp3) is 0.500. The molecule has 0 saturated carbocycles. The van der Waals surface area contributed by atoms with Crippen molar-refractivity contribution in [2.75, 3.05) is 20.3 Å². The summed E-state index contributed by atoms with van der Waals surface area (Å²) in [6, 6.07) is 6.14. The van der Waals surface area contributed by atoms with E-state index in [0.29, 0.717) is 13.2 Å². The van der Waals surface area contributed by atoms with Crippen molar-refractivity contribution in [1.82, 2.24) is 5.32 Å². The molecule has 1 amide bonds. The van der Waals surface area contributed by atoms with Crippen LogP contribution in [-0.2, 0) is 17.6 Å². The molecule has 100 valence electrons. The van der Waals surface area contributed by atoms with Gasteiger partial charge < -0.3 is 14.8 Å². The Morgan fingerprint density at radius 1 is 1.33 bits per heavy atom. The largest absolute Gasteiger partial charge is 0.496 e. The lowest BCUT2D eigenvalue weighted by atomic mass is 10.1. The van der Waals surface area contributed by atoms with Crippen LogP contribution in [0.2, 0.25) is 0 Å². The zero-order valence-electron chi connectivity index (χ0n) is 11.3. The molecule has 0 aliphatic rings. The van der Waals surface area contributed by atoms with Crippen LogP contribution in [-0.4, -0.2) is 26.4 Å². The van der Waals surface area contributed by atoms with E-state index < -0.39 is 0 Å². The van der Waals surface area contributed by atoms with Gasteiger partial charge in [-0.2, -0.15) is 0 Å². The number of nitrogens with one attached hydrogen (secondary N) is 1. The standard InChI is InChI=1S/C14H21NO3/c1-4-11-6-7-13(17-3)12(10-11)8-9-15-14(16)18-5-2/h6-7,10H,4-5,8-9H2,1-3H3,(H,15,16). The SMILES string of the molecule is CCOC(=O)NCCc1cc(CC)ccc1OC. The molecule has 0 unspecified atom stereocenters. The number of alkyl carbamates (subject to hydrolysis) is 1. The van der Waals surface area contributed by atoms with Crippen LogP contribution in [0.4, 0.5) is 4.79 Å². The molecule has 4 heteroatoms. The van der Waals surface area contributed by atoms with E-state index in [-0.39, 0.29) is 6.09 Å². The van der Waals surface area contributed by atoms with Gasteiger partial charge in [-0.15, -0.1) is 0 Å². The van der Waals surface area contributed by atoms with Gasteiger partial charge in [0.05, 0.1) is 13.7 Å². The number of hydrogen-bond donors (Lipinski definition) is 1. The molecule has 0 saturated heterocycles. The summed E-state index contributed by atoms with van der Waals surface area (Å²) < 4.78 is 10.1. The van der Waals surface area contributed by atoms with E-state index in [9.17, 15) is 4.79 Å². The second-order valence-electron chi connectivity index (χ2n) is 3.90. The van der Waals surface area contributed by atoms with E-state index in [2.05, 4.69) is 24.4 Å². The highest BCUT2D eigenvalue weighted by molar-refractivity contribution is 5.67. The van der Waals surface area contributed by atoms with Crippen molar-refractivity contribution >= 4 is 6.09 Å². The number of methoxy groups -OCH3 is 1. The third-order valence-corrected chi connectivity index (χ3v) is 2.69. The van der Waals surface area contributed by atoms with Gasteiger partial charge in [0, 0.05) is 6.54 Å². The highest BCUT2D eigenvalue weighted by atomic mass is 16.5. The van der Waals surface area contributed by atoms with Crippen LogP contribution in [0.1, 0.15) is 25.0 Å². The van der Waals surface area contributed by atoms with Gasteiger partial charge in [-0.1, -0.05) is 19.1 Å². The van der Waals surface area contributed by atoms with Gasteiger partial charge >= 0.3 is 6.09 Å². The third-order valence-electron chi connectivity index (χ3n) is 2.69. The summed E-state index contributed by atoms with van der Waals surface area (Å²) in [6.07, 6.45) is 1.35. The lowest BCUT2D eigenvalue weighted by Crippen LogP contribution is -2.26. The molecule has 0 fully saturated rings. The Balaban J connectivity index is 2.57. The molecule has 0 atom stereocenters. The number of rotatable bonds is 6. The topological polar surface area (TPSA) is 47.6 Å². The molecule has 0 aliphatic heterocycles. The summed E-state index contributed by atoms with van der Waals surface area (Å²) in [5, 5.41) is 2.70. The second-order valence-corrected chi connectivity index (χ2v) is 3.90. The molecule has 0 aromatic heterocycles. The smallest absolute Gasteiger partial charge is 0.407 e. The molecule has 4 nitrogen and oxygen atoms in total. The van der Waals surface area contributed by atoms with Crippen LogP contribution in [0, 0.1) is 0 Å². The molecule has 0 spiro atoms. The summed E-state index contributed by atoms with van der Waals surface area (Å²) in [4.78, 5) is 11.1. The Morgan fingerprint density at radius 3 is 2.72 bits per heavy atom. The van der Waals surface area contributed by atoms with Crippen LogP contribution in [0.3, 0.4) is 0 Å². The Hall–Kier alpha value is -1.71. The average molecular weight is 251 g/mol. The monoisotopic (exact) mass is 251 g/mol. The second kappa shape index (κ2) is 7.58. The number of ether oxygens (including phenoxy) is 2. The summed E-state index contributed by atoms with van der Waals surface area (Å²) in [7, 11) is 1.66. The van der Waals surface area contributed by atoms with E-state index in [4.69, 9.17) is 9.47 Å². The minimum Gasteiger partial charge on any atom is -0.496 e. The highest BCUT2D eigenvalue weighted by Gasteiger charge is 2.05. The van der Waals surface area contributed by atoms with Crippen molar-refractivity contribution < 1.29 is 14.3 Å². The molecule has 1 rings (SSSR count). The maximum absolute atomic E-state index is 11.1. The highest BCUT2D eigenvalue weighted by Crippen LogP contribution is 2.20. The summed E-state index contributed by atoms with van der Waals surface area (Å²) in [5.74, 6) is 0.859. The van der Waals surface area contributed by atoms with Gasteiger partial charge in [0.15, 0.2) is 0 Å². The first kappa shape index (κ1) is 14.4. The fourth-order valence-electron chi connectivity index (χ4n) is 1.73. The zero-order chi connectivity index (χ0) is 13.4. The van der Waals surface area contributed by atoms with Crippen LogP contribution in [0.25, 0.3) is 0 Å². The predicted octanol–water partition coefficient (Wildman–Crippen LogP) is 2.55. The van der Waals surface area contributed by atoms with Gasteiger partial charge in [0.1, 0.15) is 5.75 Å². The molecule has 1 aromatic carbocycles. The minimum atomic E-state index is -0.372. The van der Waals surface area contributed by atoms with Crippen LogP contribution < -0.4 is 10.1 Å². The lowest BCUT2D eigenvalue weighted by Gasteiger charge is -2.11. The van der Waals surface area contributed by atoms with Gasteiger partial charge in [-0.25, -0.2) is 4.79 Å². The molecule has 18 heavy (non-hydrogen) atoms. The van der Waals surface area contributed by atoms with Crippen molar-refractivity contribution in [3.63, 3.8) is 0 Å². The molecule has 1 aromatic rings. The average Bonchev–Trinajstić information content (AvgIpc) is 2.39. The molecule has 0 radical (unpaired) electrons. The molecule has 0 aliphatic carbocycles. The first-order valence-corrected chi connectivity index (χ1v) is 6.27. The third kappa shape index (κ3) is 4.28. The number of hydrogen-bond acceptors (Lipinski definition) is 3. The van der Waals surface area contributed by atoms with Gasteiger partial charge in [-0.05, 0) is 37.0 Å². The molecular formula is C14H21NO3. The van der Waals surface area contributed by atoms with Crippen molar-refractivity contribution in [3.05, 3.63) is 29.3 Å². The van der Waals surface area contributed by atoms with Gasteiger partial charge in [0.2, 0.25) is 0 Å². The molecule has 0 heterocycles. The first-order valence-electron chi connectivity index (χ1n) is 6.27. The van der Waals surface area contributed by atoms with Crippen molar-refractivity contribution in [1.29, 1.82) is 0 Å². The summed E-state index contributed by atoms with van der Waals surface area (Å²) >= 11 is 0. The number of carbonyl (C=O) groups is 1. The number of amides is 1. The number of aryl methyl sites for hydroxylation is 1. The van der Waals surface area contributed by atoms with Crippen LogP contribution in [0.15, 0.2) is 18.2 Å². The Bertz CT molecular complexity index is 391. The Kier molecular flexibility index (Phi) is 6.05. The van der Waals surface area contributed by atoms with E-state index in [0.717, 1.165) is 24.2 Å². The predicted molar refractivity (Wildman–Crippen MR) is 71.1 cm³/mol. The molecular weight excluding hydrogens is 230 g/mol. The van der Waals surface area contributed by atoms with Crippen molar-refractivity contribution in [2.45, 2.75) is 26.7 Å². The maximum atomic E-state index is 11.1. The van der Waals surface area contributed by atoms with E-state index >= 15 is 0 Å². The van der Waals surface area contributed by atoms with Crippen molar-refractivity contribution in [2.24, 2.45) is 0 Å². The van der Waals surface area contributed by atoms with Crippen LogP contribution in [0.5, 0.6) is 5.75 Å². The quantitative estimate of drug-likeness (QED) is 0.845. The molecule has 1 N–H and O–H groups in total. The summed E-state index contributed by atoms with van der Waals surface area (Å²) in [5.41, 5.74) is 2.37. The molecule has 0 bridgehead atoms. The van der Waals surface area contributed by atoms with E-state index in [1.54, 1.807) is 14.0 Å². The summed E-state index contributed by atoms with van der Waals surface area (Å²) in [6.45, 7) is 4.83. The van der Waals surface area contributed by atoms with E-state index in [1.807, 2.05) is 6.07 Å². The fourth-order valence-corrected chi connectivity index (χ4v) is 1.73. The van der Waals surface area contributed by atoms with E-state index in [1.165, 1.54) is 5.56 Å². The minimum absolute atomic E-state index is 0.372. The van der Waals surface area contributed by atoms with Gasteiger partial charge in [-0.3, -0.25) is 0 Å². The van der Waals surface area contributed by atoms with Gasteiger partial charge in [0.25, 0.3) is 0 Å². The Labute approximate surface area is 108 Å². The number of carbonyl (C=O) groups excluding carboxylic acids is 1. The van der Waals surface area contributed by atoms with Crippen LogP contribution >= 0.6 is 0 Å². The normalized spacial score (nSPS) is 9.94. The zero-order valence-corrected chi connectivity index (χ0v) is 11.3. The number of benzene rings is 1. The Morgan fingerprint density at radius 2 is 2.11 bits per heavy atom. The van der Waals surface area contributed by atoms with Crippen molar-refractivity contribution in [3.8, 4) is 5.75 Å².